The Morgan fingerprint density at radius 1 is 1.16 bits per heavy atom. The van der Waals surface area contributed by atoms with E-state index in [1.54, 1.807) is 37.3 Å². The van der Waals surface area contributed by atoms with E-state index in [4.69, 9.17) is 16.3 Å². The lowest BCUT2D eigenvalue weighted by Gasteiger charge is -2.26. The van der Waals surface area contributed by atoms with Crippen LogP contribution in [0.25, 0.3) is 11.6 Å². The van der Waals surface area contributed by atoms with Crippen molar-refractivity contribution < 1.29 is 27.1 Å². The first-order valence-corrected chi connectivity index (χ1v) is 12.3. The maximum Gasteiger partial charge on any atom is 0.339 e. The number of halogens is 2. The van der Waals surface area contributed by atoms with Crippen molar-refractivity contribution in [2.24, 2.45) is 0 Å². The lowest BCUT2D eigenvalue weighted by Crippen LogP contribution is -2.43. The quantitative estimate of drug-likeness (QED) is 0.344. The maximum atomic E-state index is 13.4. The standard InChI is InChI=1S/C23H23ClFNO5S/c1-2-26(20-11-12-32(29,30)15-20)22(27)14-31-23(28)21(17-5-9-19(25)10-6-17)13-16-3-7-18(24)8-4-16/h3-10,13,20H,2,11-12,14-15H2,1H3/b21-13+/t20-/m1/s1. The van der Waals surface area contributed by atoms with Crippen LogP contribution in [0.2, 0.25) is 5.02 Å². The van der Waals surface area contributed by atoms with Crippen LogP contribution in [0.4, 0.5) is 4.39 Å². The van der Waals surface area contributed by atoms with Crippen molar-refractivity contribution in [3.8, 4) is 0 Å². The number of rotatable bonds is 7. The number of likely N-dealkylation sites (N-methyl/N-ethyl adjacent to an activating group) is 1. The minimum atomic E-state index is -3.16. The second kappa shape index (κ2) is 10.3. The topological polar surface area (TPSA) is 80.8 Å². The molecular weight excluding hydrogens is 457 g/mol. The zero-order chi connectivity index (χ0) is 23.3. The fraction of sp³-hybridized carbons (Fsp3) is 0.304. The van der Waals surface area contributed by atoms with E-state index in [-0.39, 0.29) is 17.1 Å². The average Bonchev–Trinajstić information content (AvgIpc) is 3.12. The van der Waals surface area contributed by atoms with Crippen LogP contribution in [-0.4, -0.2) is 55.9 Å². The summed E-state index contributed by atoms with van der Waals surface area (Å²) in [5.41, 5.74) is 1.24. The van der Waals surface area contributed by atoms with E-state index in [9.17, 15) is 22.4 Å². The largest absolute Gasteiger partial charge is 0.452 e. The number of amides is 1. The highest BCUT2D eigenvalue weighted by Gasteiger charge is 2.34. The Bertz CT molecular complexity index is 1110. The number of sulfone groups is 1. The van der Waals surface area contributed by atoms with Gasteiger partial charge in [-0.15, -0.1) is 0 Å². The van der Waals surface area contributed by atoms with Gasteiger partial charge in [-0.1, -0.05) is 35.9 Å². The number of carbonyl (C=O) groups is 2. The highest BCUT2D eigenvalue weighted by molar-refractivity contribution is 7.91. The fourth-order valence-electron chi connectivity index (χ4n) is 3.56. The van der Waals surface area contributed by atoms with Gasteiger partial charge in [0, 0.05) is 17.6 Å². The van der Waals surface area contributed by atoms with Crippen LogP contribution in [0, 0.1) is 5.82 Å². The van der Waals surface area contributed by atoms with Crippen LogP contribution in [0.3, 0.4) is 0 Å². The lowest BCUT2D eigenvalue weighted by molar-refractivity contribution is -0.148. The van der Waals surface area contributed by atoms with Gasteiger partial charge in [0.2, 0.25) is 0 Å². The summed E-state index contributed by atoms with van der Waals surface area (Å²) in [6.07, 6.45) is 1.94. The van der Waals surface area contributed by atoms with Gasteiger partial charge in [0.05, 0.1) is 17.1 Å². The highest BCUT2D eigenvalue weighted by Crippen LogP contribution is 2.22. The molecule has 1 aliphatic rings. The summed E-state index contributed by atoms with van der Waals surface area (Å²) in [5, 5.41) is 0.534. The third-order valence-electron chi connectivity index (χ3n) is 5.19. The van der Waals surface area contributed by atoms with Crippen molar-refractivity contribution in [2.75, 3.05) is 24.7 Å². The molecule has 1 aliphatic heterocycles. The monoisotopic (exact) mass is 479 g/mol. The molecule has 0 bridgehead atoms. The number of hydrogen-bond donors (Lipinski definition) is 0. The molecule has 0 saturated carbocycles. The van der Waals surface area contributed by atoms with Crippen molar-refractivity contribution in [1.29, 1.82) is 0 Å². The van der Waals surface area contributed by atoms with E-state index < -0.39 is 40.2 Å². The zero-order valence-electron chi connectivity index (χ0n) is 17.5. The third-order valence-corrected chi connectivity index (χ3v) is 7.20. The van der Waals surface area contributed by atoms with Gasteiger partial charge < -0.3 is 9.64 Å². The Kier molecular flexibility index (Phi) is 7.69. The van der Waals surface area contributed by atoms with Gasteiger partial charge in [-0.25, -0.2) is 17.6 Å². The number of benzene rings is 2. The van der Waals surface area contributed by atoms with Gasteiger partial charge in [0.1, 0.15) is 5.82 Å². The van der Waals surface area contributed by atoms with Gasteiger partial charge in [0.15, 0.2) is 16.4 Å². The van der Waals surface area contributed by atoms with Crippen molar-refractivity contribution in [3.63, 3.8) is 0 Å². The SMILES string of the molecule is CCN(C(=O)COC(=O)/C(=C/c1ccc(Cl)cc1)c1ccc(F)cc1)[C@@H]1CCS(=O)(=O)C1. The molecule has 9 heteroatoms. The van der Waals surface area contributed by atoms with E-state index in [1.165, 1.54) is 29.2 Å². The minimum absolute atomic E-state index is 0.0414. The van der Waals surface area contributed by atoms with E-state index in [0.29, 0.717) is 29.1 Å². The number of carbonyl (C=O) groups excluding carboxylic acids is 2. The number of hydrogen-bond acceptors (Lipinski definition) is 5. The van der Waals surface area contributed by atoms with Gasteiger partial charge in [-0.2, -0.15) is 0 Å². The molecule has 0 radical (unpaired) electrons. The van der Waals surface area contributed by atoms with Gasteiger partial charge in [-0.05, 0) is 54.8 Å². The summed E-state index contributed by atoms with van der Waals surface area (Å²) in [5.74, 6) is -1.71. The fourth-order valence-corrected chi connectivity index (χ4v) is 5.42. The predicted molar refractivity (Wildman–Crippen MR) is 121 cm³/mol. The Morgan fingerprint density at radius 2 is 1.81 bits per heavy atom. The smallest absolute Gasteiger partial charge is 0.339 e. The number of ether oxygens (including phenoxy) is 1. The summed E-state index contributed by atoms with van der Waals surface area (Å²) >= 11 is 5.91. The molecule has 6 nitrogen and oxygen atoms in total. The predicted octanol–water partition coefficient (Wildman–Crippen LogP) is 3.60. The van der Waals surface area contributed by atoms with Gasteiger partial charge >= 0.3 is 5.97 Å². The molecule has 1 heterocycles. The summed E-state index contributed by atoms with van der Waals surface area (Å²) in [4.78, 5) is 26.9. The number of nitrogens with zero attached hydrogens (tertiary/aromatic N) is 1. The van der Waals surface area contributed by atoms with Crippen LogP contribution >= 0.6 is 11.6 Å². The minimum Gasteiger partial charge on any atom is -0.452 e. The molecule has 0 aliphatic carbocycles. The third kappa shape index (κ3) is 6.17. The van der Waals surface area contributed by atoms with Crippen molar-refractivity contribution in [3.05, 3.63) is 70.5 Å². The van der Waals surface area contributed by atoms with Crippen molar-refractivity contribution >= 4 is 45.0 Å². The van der Waals surface area contributed by atoms with Crippen LogP contribution < -0.4 is 0 Å². The molecule has 0 spiro atoms. The molecule has 170 valence electrons. The van der Waals surface area contributed by atoms with Crippen LogP contribution in [-0.2, 0) is 24.2 Å². The Hall–Kier alpha value is -2.71. The molecule has 1 amide bonds. The summed E-state index contributed by atoms with van der Waals surface area (Å²) in [6, 6.07) is 11.7. The van der Waals surface area contributed by atoms with E-state index in [2.05, 4.69) is 0 Å². The van der Waals surface area contributed by atoms with Crippen LogP contribution in [0.15, 0.2) is 48.5 Å². The molecule has 32 heavy (non-hydrogen) atoms. The molecule has 0 N–H and O–H groups in total. The van der Waals surface area contributed by atoms with Gasteiger partial charge in [0.25, 0.3) is 5.91 Å². The normalized spacial score (nSPS) is 17.7. The summed E-state index contributed by atoms with van der Waals surface area (Å²) < 4.78 is 42.1. The van der Waals surface area contributed by atoms with Crippen LogP contribution in [0.1, 0.15) is 24.5 Å². The first kappa shape index (κ1) is 23.9. The molecular formula is C23H23ClFNO5S. The lowest BCUT2D eigenvalue weighted by atomic mass is 10.0. The molecule has 0 aromatic heterocycles. The maximum absolute atomic E-state index is 13.4. The Morgan fingerprint density at radius 3 is 2.38 bits per heavy atom. The molecule has 2 aromatic carbocycles. The molecule has 2 aromatic rings. The number of esters is 1. The van der Waals surface area contributed by atoms with E-state index in [0.717, 1.165) is 0 Å². The molecule has 3 rings (SSSR count). The first-order valence-electron chi connectivity index (χ1n) is 10.1. The molecule has 1 saturated heterocycles. The second-order valence-corrected chi connectivity index (χ2v) is 10.1. The van der Waals surface area contributed by atoms with Crippen molar-refractivity contribution in [2.45, 2.75) is 19.4 Å². The van der Waals surface area contributed by atoms with Crippen molar-refractivity contribution in [1.82, 2.24) is 4.90 Å². The molecule has 0 unspecified atom stereocenters. The molecule has 1 fully saturated rings. The summed E-state index contributed by atoms with van der Waals surface area (Å²) in [6.45, 7) is 1.53. The average molecular weight is 480 g/mol. The Labute approximate surface area is 191 Å². The summed E-state index contributed by atoms with van der Waals surface area (Å²) in [7, 11) is -3.16. The first-order chi connectivity index (χ1) is 15.2. The van der Waals surface area contributed by atoms with Gasteiger partial charge in [-0.3, -0.25) is 4.79 Å². The Balaban J connectivity index is 1.77. The van der Waals surface area contributed by atoms with E-state index in [1.807, 2.05) is 0 Å². The second-order valence-electron chi connectivity index (χ2n) is 7.43. The zero-order valence-corrected chi connectivity index (χ0v) is 19.0. The highest BCUT2D eigenvalue weighted by atomic mass is 35.5. The molecule has 1 atom stereocenters. The van der Waals surface area contributed by atoms with Crippen LogP contribution in [0.5, 0.6) is 0 Å². The van der Waals surface area contributed by atoms with E-state index >= 15 is 0 Å².